The summed E-state index contributed by atoms with van der Waals surface area (Å²) in [7, 11) is 0. The topological polar surface area (TPSA) is 55.4 Å². The van der Waals surface area contributed by atoms with E-state index in [0.29, 0.717) is 19.4 Å². The Balaban J connectivity index is 1.72. The van der Waals surface area contributed by atoms with E-state index in [-0.39, 0.29) is 11.9 Å². The molecule has 1 atom stereocenters. The third-order valence-electron chi connectivity index (χ3n) is 6.43. The van der Waals surface area contributed by atoms with Gasteiger partial charge in [0.1, 0.15) is 6.04 Å². The standard InChI is InChI=1S/C28H51NO3/c1-2-3-4-5-6-7-8-9-10-11-12-13-14-15-16-17-18-19-20-21-22-25-32-28(31)26-23-24-27(30)29-26/h16-17,26H,2-15,18-25H2,1H3,(H,29,30)/b17-16+/t26-/m0/s1. The maximum Gasteiger partial charge on any atom is 0.328 e. The van der Waals surface area contributed by atoms with Gasteiger partial charge in [-0.15, -0.1) is 0 Å². The lowest BCUT2D eigenvalue weighted by atomic mass is 10.0. The van der Waals surface area contributed by atoms with Gasteiger partial charge in [-0.25, -0.2) is 4.79 Å². The molecule has 0 aliphatic carbocycles. The number of carbonyl (C=O) groups excluding carboxylic acids is 2. The smallest absolute Gasteiger partial charge is 0.328 e. The maximum absolute atomic E-state index is 11.8. The first-order valence-electron chi connectivity index (χ1n) is 13.8. The fourth-order valence-corrected chi connectivity index (χ4v) is 4.30. The Labute approximate surface area is 198 Å². The van der Waals surface area contributed by atoms with Crippen LogP contribution in [0.2, 0.25) is 0 Å². The highest BCUT2D eigenvalue weighted by Gasteiger charge is 2.28. The van der Waals surface area contributed by atoms with Crippen molar-refractivity contribution in [2.24, 2.45) is 0 Å². The first kappa shape index (κ1) is 28.7. The first-order chi connectivity index (χ1) is 15.7. The van der Waals surface area contributed by atoms with Crippen molar-refractivity contribution in [2.75, 3.05) is 6.61 Å². The predicted molar refractivity (Wildman–Crippen MR) is 135 cm³/mol. The van der Waals surface area contributed by atoms with Crippen molar-refractivity contribution in [3.8, 4) is 0 Å². The molecule has 0 aromatic heterocycles. The summed E-state index contributed by atoms with van der Waals surface area (Å²) in [6.07, 6.45) is 30.9. The van der Waals surface area contributed by atoms with E-state index in [4.69, 9.17) is 4.74 Å². The molecule has 4 nitrogen and oxygen atoms in total. The van der Waals surface area contributed by atoms with Crippen LogP contribution >= 0.6 is 0 Å². The Hall–Kier alpha value is -1.32. The second-order valence-electron chi connectivity index (χ2n) is 9.53. The average Bonchev–Trinajstić information content (AvgIpc) is 3.23. The molecule has 1 N–H and O–H groups in total. The van der Waals surface area contributed by atoms with Crippen molar-refractivity contribution in [3.05, 3.63) is 12.2 Å². The van der Waals surface area contributed by atoms with E-state index in [9.17, 15) is 9.59 Å². The molecule has 1 aliphatic rings. The number of rotatable bonds is 22. The summed E-state index contributed by atoms with van der Waals surface area (Å²) in [5.74, 6) is -0.318. The van der Waals surface area contributed by atoms with Gasteiger partial charge in [-0.3, -0.25) is 4.79 Å². The zero-order valence-corrected chi connectivity index (χ0v) is 21.0. The summed E-state index contributed by atoms with van der Waals surface area (Å²) in [5.41, 5.74) is 0. The molecule has 0 aromatic carbocycles. The Bertz CT molecular complexity index is 489. The number of carbonyl (C=O) groups is 2. The van der Waals surface area contributed by atoms with E-state index in [1.807, 2.05) is 0 Å². The van der Waals surface area contributed by atoms with Crippen molar-refractivity contribution in [3.63, 3.8) is 0 Å². The lowest BCUT2D eigenvalue weighted by molar-refractivity contribution is -0.146. The Morgan fingerprint density at radius 3 is 1.72 bits per heavy atom. The molecule has 1 heterocycles. The molecule has 32 heavy (non-hydrogen) atoms. The zero-order chi connectivity index (χ0) is 23.1. The molecule has 4 heteroatoms. The van der Waals surface area contributed by atoms with Crippen molar-refractivity contribution < 1.29 is 14.3 Å². The van der Waals surface area contributed by atoms with E-state index >= 15 is 0 Å². The summed E-state index contributed by atoms with van der Waals surface area (Å²) >= 11 is 0. The van der Waals surface area contributed by atoms with E-state index < -0.39 is 6.04 Å². The Kier molecular flexibility index (Phi) is 19.3. The molecule has 0 radical (unpaired) electrons. The molecule has 1 rings (SSSR count). The van der Waals surface area contributed by atoms with Gasteiger partial charge in [-0.1, -0.05) is 109 Å². The second kappa shape index (κ2) is 21.5. The van der Waals surface area contributed by atoms with Gasteiger partial charge >= 0.3 is 5.97 Å². The van der Waals surface area contributed by atoms with Crippen LogP contribution in [0.5, 0.6) is 0 Å². The summed E-state index contributed by atoms with van der Waals surface area (Å²) in [5, 5.41) is 2.65. The highest BCUT2D eigenvalue weighted by molar-refractivity contribution is 5.87. The SMILES string of the molecule is CCCCCCCCCCCCCCC/C=C/CCCCCCOC(=O)[C@@H]1CCC(=O)N1. The fourth-order valence-electron chi connectivity index (χ4n) is 4.30. The predicted octanol–water partition coefficient (Wildman–Crippen LogP) is 7.80. The zero-order valence-electron chi connectivity index (χ0n) is 21.0. The highest BCUT2D eigenvalue weighted by atomic mass is 16.5. The van der Waals surface area contributed by atoms with Gasteiger partial charge in [-0.05, 0) is 38.5 Å². The number of amides is 1. The lowest BCUT2D eigenvalue weighted by Crippen LogP contribution is -2.34. The molecule has 186 valence electrons. The van der Waals surface area contributed by atoms with Crippen LogP contribution in [0, 0.1) is 0 Å². The van der Waals surface area contributed by atoms with Crippen molar-refractivity contribution >= 4 is 11.9 Å². The molecule has 0 saturated carbocycles. The Morgan fingerprint density at radius 2 is 1.25 bits per heavy atom. The normalized spacial score (nSPS) is 16.0. The van der Waals surface area contributed by atoms with Crippen LogP contribution in [0.15, 0.2) is 12.2 Å². The first-order valence-corrected chi connectivity index (χ1v) is 13.8. The van der Waals surface area contributed by atoms with Crippen LogP contribution < -0.4 is 5.32 Å². The van der Waals surface area contributed by atoms with Gasteiger partial charge in [0.2, 0.25) is 5.91 Å². The molecule has 1 saturated heterocycles. The van der Waals surface area contributed by atoms with Crippen molar-refractivity contribution in [1.29, 1.82) is 0 Å². The van der Waals surface area contributed by atoms with Crippen LogP contribution in [-0.4, -0.2) is 24.5 Å². The molecular formula is C28H51NO3. The van der Waals surface area contributed by atoms with Gasteiger partial charge in [0.05, 0.1) is 6.61 Å². The summed E-state index contributed by atoms with van der Waals surface area (Å²) in [4.78, 5) is 22.9. The van der Waals surface area contributed by atoms with E-state index in [1.54, 1.807) is 0 Å². The van der Waals surface area contributed by atoms with Crippen LogP contribution in [0.4, 0.5) is 0 Å². The molecular weight excluding hydrogens is 398 g/mol. The number of hydrogen-bond acceptors (Lipinski definition) is 3. The monoisotopic (exact) mass is 449 g/mol. The molecule has 0 bridgehead atoms. The molecule has 0 unspecified atom stereocenters. The van der Waals surface area contributed by atoms with Gasteiger partial charge in [-0.2, -0.15) is 0 Å². The number of allylic oxidation sites excluding steroid dienone is 2. The highest BCUT2D eigenvalue weighted by Crippen LogP contribution is 2.13. The number of hydrogen-bond donors (Lipinski definition) is 1. The lowest BCUT2D eigenvalue weighted by Gasteiger charge is -2.09. The second-order valence-corrected chi connectivity index (χ2v) is 9.53. The van der Waals surface area contributed by atoms with E-state index in [2.05, 4.69) is 24.4 Å². The number of ether oxygens (including phenoxy) is 1. The minimum Gasteiger partial charge on any atom is -0.464 e. The van der Waals surface area contributed by atoms with Gasteiger partial charge in [0.15, 0.2) is 0 Å². The largest absolute Gasteiger partial charge is 0.464 e. The summed E-state index contributed by atoms with van der Waals surface area (Å²) in [6.45, 7) is 2.76. The fraction of sp³-hybridized carbons (Fsp3) is 0.857. The van der Waals surface area contributed by atoms with Gasteiger partial charge in [0, 0.05) is 6.42 Å². The molecule has 1 aliphatic heterocycles. The molecule has 0 aromatic rings. The van der Waals surface area contributed by atoms with Crippen LogP contribution in [-0.2, 0) is 14.3 Å². The van der Waals surface area contributed by atoms with Crippen molar-refractivity contribution in [2.45, 2.75) is 148 Å². The third kappa shape index (κ3) is 17.3. The van der Waals surface area contributed by atoms with E-state index in [1.165, 1.54) is 103 Å². The van der Waals surface area contributed by atoms with Crippen LogP contribution in [0.1, 0.15) is 142 Å². The minimum absolute atomic E-state index is 0.0471. The van der Waals surface area contributed by atoms with Crippen LogP contribution in [0.3, 0.4) is 0 Å². The van der Waals surface area contributed by atoms with Gasteiger partial charge < -0.3 is 10.1 Å². The number of esters is 1. The molecule has 1 amide bonds. The number of nitrogens with one attached hydrogen (secondary N) is 1. The third-order valence-corrected chi connectivity index (χ3v) is 6.43. The quantitative estimate of drug-likeness (QED) is 0.104. The maximum atomic E-state index is 11.8. The summed E-state index contributed by atoms with van der Waals surface area (Å²) < 4.78 is 5.25. The van der Waals surface area contributed by atoms with Crippen LogP contribution in [0.25, 0.3) is 0 Å². The Morgan fingerprint density at radius 1 is 0.781 bits per heavy atom. The number of unbranched alkanes of at least 4 members (excludes halogenated alkanes) is 17. The molecule has 1 fully saturated rings. The summed E-state index contributed by atoms with van der Waals surface area (Å²) in [6, 6.07) is -0.414. The molecule has 0 spiro atoms. The van der Waals surface area contributed by atoms with Gasteiger partial charge in [0.25, 0.3) is 0 Å². The minimum atomic E-state index is -0.414. The average molecular weight is 450 g/mol. The van der Waals surface area contributed by atoms with E-state index in [0.717, 1.165) is 19.3 Å². The van der Waals surface area contributed by atoms with Crippen molar-refractivity contribution in [1.82, 2.24) is 5.32 Å².